The molecule has 2 amide bonds. The Morgan fingerprint density at radius 1 is 0.862 bits per heavy atom. The number of nitrogens with one attached hydrogen (secondary N) is 2. The number of para-hydroxylation sites is 1. The monoisotopic (exact) mass is 396 g/mol. The molecule has 0 aliphatic heterocycles. The van der Waals surface area contributed by atoms with Crippen molar-refractivity contribution in [2.75, 3.05) is 17.2 Å². The normalized spacial score (nSPS) is 10.7. The molecule has 0 heterocycles. The number of ether oxygens (including phenoxy) is 1. The standard InChI is InChI=1S/C23H28N2O4/c1-14(2)19-7-6-8-20(15(3)4)22(19)25-21(27)13-29-23(28)17-9-11-18(12-10-17)24-16(5)26/h6-12,14-15H,13H2,1-5H3,(H,24,26)(H,25,27). The fourth-order valence-corrected chi connectivity index (χ4v) is 2.98. The Bertz CT molecular complexity index is 860. The lowest BCUT2D eigenvalue weighted by Crippen LogP contribution is -2.22. The summed E-state index contributed by atoms with van der Waals surface area (Å²) in [5, 5.41) is 5.54. The second-order valence-corrected chi connectivity index (χ2v) is 7.50. The Balaban J connectivity index is 2.03. The first-order valence-corrected chi connectivity index (χ1v) is 9.66. The van der Waals surface area contributed by atoms with Crippen LogP contribution < -0.4 is 10.6 Å². The first-order valence-electron chi connectivity index (χ1n) is 9.66. The van der Waals surface area contributed by atoms with Crippen LogP contribution in [0.15, 0.2) is 42.5 Å². The van der Waals surface area contributed by atoms with Crippen molar-refractivity contribution in [3.63, 3.8) is 0 Å². The first-order chi connectivity index (χ1) is 13.7. The molecule has 2 aromatic carbocycles. The van der Waals surface area contributed by atoms with Gasteiger partial charge in [0.05, 0.1) is 5.56 Å². The Labute approximate surface area is 171 Å². The molecule has 6 heteroatoms. The summed E-state index contributed by atoms with van der Waals surface area (Å²) in [4.78, 5) is 35.7. The molecule has 6 nitrogen and oxygen atoms in total. The lowest BCUT2D eigenvalue weighted by molar-refractivity contribution is -0.119. The molecule has 0 spiro atoms. The molecule has 0 aliphatic rings. The van der Waals surface area contributed by atoms with E-state index in [1.165, 1.54) is 19.1 Å². The largest absolute Gasteiger partial charge is 0.452 e. The summed E-state index contributed by atoms with van der Waals surface area (Å²) >= 11 is 0. The number of hydrogen-bond acceptors (Lipinski definition) is 4. The van der Waals surface area contributed by atoms with Crippen LogP contribution >= 0.6 is 0 Å². The van der Waals surface area contributed by atoms with E-state index in [4.69, 9.17) is 4.74 Å². The summed E-state index contributed by atoms with van der Waals surface area (Å²) in [5.41, 5.74) is 3.77. The number of carbonyl (C=O) groups excluding carboxylic acids is 3. The van der Waals surface area contributed by atoms with Crippen molar-refractivity contribution in [2.24, 2.45) is 0 Å². The average Bonchev–Trinajstić information content (AvgIpc) is 2.66. The smallest absolute Gasteiger partial charge is 0.338 e. The Hall–Kier alpha value is -3.15. The third kappa shape index (κ3) is 6.17. The van der Waals surface area contributed by atoms with Gasteiger partial charge in [0, 0.05) is 18.3 Å². The van der Waals surface area contributed by atoms with Crippen LogP contribution in [0.4, 0.5) is 11.4 Å². The van der Waals surface area contributed by atoms with Gasteiger partial charge in [0.1, 0.15) is 0 Å². The molecule has 0 saturated carbocycles. The van der Waals surface area contributed by atoms with Crippen LogP contribution in [0, 0.1) is 0 Å². The van der Waals surface area contributed by atoms with E-state index in [2.05, 4.69) is 38.3 Å². The Morgan fingerprint density at radius 3 is 1.90 bits per heavy atom. The second-order valence-electron chi connectivity index (χ2n) is 7.50. The second kappa shape index (κ2) is 9.87. The summed E-state index contributed by atoms with van der Waals surface area (Å²) in [6.07, 6.45) is 0. The highest BCUT2D eigenvalue weighted by atomic mass is 16.5. The van der Waals surface area contributed by atoms with E-state index in [1.54, 1.807) is 12.1 Å². The molecular weight excluding hydrogens is 368 g/mol. The van der Waals surface area contributed by atoms with Gasteiger partial charge in [-0.3, -0.25) is 9.59 Å². The van der Waals surface area contributed by atoms with Gasteiger partial charge in [-0.15, -0.1) is 0 Å². The zero-order valence-corrected chi connectivity index (χ0v) is 17.5. The van der Waals surface area contributed by atoms with Crippen molar-refractivity contribution >= 4 is 29.2 Å². The summed E-state index contributed by atoms with van der Waals surface area (Å²) in [5.74, 6) is -0.694. The predicted molar refractivity (Wildman–Crippen MR) is 114 cm³/mol. The molecule has 0 bridgehead atoms. The number of benzene rings is 2. The summed E-state index contributed by atoms with van der Waals surface area (Å²) in [7, 11) is 0. The molecule has 2 aromatic rings. The number of amides is 2. The SMILES string of the molecule is CC(=O)Nc1ccc(C(=O)OCC(=O)Nc2c(C(C)C)cccc2C(C)C)cc1. The molecule has 154 valence electrons. The van der Waals surface area contributed by atoms with Gasteiger partial charge >= 0.3 is 5.97 Å². The highest BCUT2D eigenvalue weighted by molar-refractivity contribution is 5.97. The van der Waals surface area contributed by atoms with Crippen LogP contribution in [0.2, 0.25) is 0 Å². The van der Waals surface area contributed by atoms with Gasteiger partial charge in [-0.05, 0) is 47.2 Å². The van der Waals surface area contributed by atoms with Gasteiger partial charge in [0.25, 0.3) is 5.91 Å². The summed E-state index contributed by atoms with van der Waals surface area (Å²) in [6.45, 7) is 9.30. The number of esters is 1. The molecule has 0 fully saturated rings. The van der Waals surface area contributed by atoms with Gasteiger partial charge in [-0.25, -0.2) is 4.79 Å². The topological polar surface area (TPSA) is 84.5 Å². The van der Waals surface area contributed by atoms with Crippen LogP contribution in [0.25, 0.3) is 0 Å². The van der Waals surface area contributed by atoms with Crippen LogP contribution in [0.3, 0.4) is 0 Å². The van der Waals surface area contributed by atoms with Crippen molar-refractivity contribution in [2.45, 2.75) is 46.5 Å². The van der Waals surface area contributed by atoms with Gasteiger partial charge in [-0.2, -0.15) is 0 Å². The van der Waals surface area contributed by atoms with E-state index in [1.807, 2.05) is 18.2 Å². The lowest BCUT2D eigenvalue weighted by Gasteiger charge is -2.20. The quantitative estimate of drug-likeness (QED) is 0.665. The van der Waals surface area contributed by atoms with E-state index < -0.39 is 5.97 Å². The molecule has 0 unspecified atom stereocenters. The lowest BCUT2D eigenvalue weighted by atomic mass is 9.92. The van der Waals surface area contributed by atoms with Gasteiger partial charge in [0.15, 0.2) is 6.61 Å². The zero-order chi connectivity index (χ0) is 21.6. The maximum atomic E-state index is 12.4. The molecule has 2 N–H and O–H groups in total. The number of carbonyl (C=O) groups is 3. The minimum Gasteiger partial charge on any atom is -0.452 e. The molecule has 0 atom stereocenters. The number of hydrogen-bond donors (Lipinski definition) is 2. The highest BCUT2D eigenvalue weighted by Crippen LogP contribution is 2.32. The fraction of sp³-hybridized carbons (Fsp3) is 0.348. The molecule has 0 aromatic heterocycles. The van der Waals surface area contributed by atoms with Gasteiger partial charge in [-0.1, -0.05) is 45.9 Å². The van der Waals surface area contributed by atoms with Crippen LogP contribution in [0.1, 0.15) is 67.9 Å². The molecule has 0 saturated heterocycles. The van der Waals surface area contributed by atoms with Crippen molar-refractivity contribution in [1.29, 1.82) is 0 Å². The van der Waals surface area contributed by atoms with E-state index in [-0.39, 0.29) is 30.3 Å². The van der Waals surface area contributed by atoms with E-state index in [0.717, 1.165) is 16.8 Å². The summed E-state index contributed by atoms with van der Waals surface area (Å²) < 4.78 is 5.15. The minimum atomic E-state index is -0.601. The molecular formula is C23H28N2O4. The van der Waals surface area contributed by atoms with Crippen molar-refractivity contribution < 1.29 is 19.1 Å². The van der Waals surface area contributed by atoms with Crippen molar-refractivity contribution in [1.82, 2.24) is 0 Å². The van der Waals surface area contributed by atoms with E-state index >= 15 is 0 Å². The molecule has 2 rings (SSSR count). The maximum Gasteiger partial charge on any atom is 0.338 e. The first kappa shape index (κ1) is 22.1. The number of rotatable bonds is 7. The third-order valence-corrected chi connectivity index (χ3v) is 4.41. The molecule has 29 heavy (non-hydrogen) atoms. The Kier molecular flexibility index (Phi) is 7.53. The van der Waals surface area contributed by atoms with Crippen molar-refractivity contribution in [3.8, 4) is 0 Å². The average molecular weight is 396 g/mol. The Morgan fingerprint density at radius 2 is 1.41 bits per heavy atom. The van der Waals surface area contributed by atoms with Crippen LogP contribution in [-0.4, -0.2) is 24.4 Å². The van der Waals surface area contributed by atoms with Crippen molar-refractivity contribution in [3.05, 3.63) is 59.2 Å². The maximum absolute atomic E-state index is 12.4. The molecule has 0 aliphatic carbocycles. The third-order valence-electron chi connectivity index (χ3n) is 4.41. The fourth-order valence-electron chi connectivity index (χ4n) is 2.98. The van der Waals surface area contributed by atoms with Crippen LogP contribution in [0.5, 0.6) is 0 Å². The number of anilines is 2. The minimum absolute atomic E-state index is 0.195. The van der Waals surface area contributed by atoms with Gasteiger partial charge < -0.3 is 15.4 Å². The van der Waals surface area contributed by atoms with E-state index in [0.29, 0.717) is 11.3 Å². The molecule has 0 radical (unpaired) electrons. The van der Waals surface area contributed by atoms with E-state index in [9.17, 15) is 14.4 Å². The van der Waals surface area contributed by atoms with Gasteiger partial charge in [0.2, 0.25) is 5.91 Å². The summed E-state index contributed by atoms with van der Waals surface area (Å²) in [6, 6.07) is 12.3. The highest BCUT2D eigenvalue weighted by Gasteiger charge is 2.17. The van der Waals surface area contributed by atoms with Crippen LogP contribution in [-0.2, 0) is 14.3 Å². The predicted octanol–water partition coefficient (Wildman–Crippen LogP) is 4.69. The zero-order valence-electron chi connectivity index (χ0n) is 17.5.